The Hall–Kier alpha value is -2.21. The molecule has 3 N–H and O–H groups in total. The highest BCUT2D eigenvalue weighted by molar-refractivity contribution is 7.14. The van der Waals surface area contributed by atoms with E-state index < -0.39 is 0 Å². The molecule has 0 aliphatic carbocycles. The van der Waals surface area contributed by atoms with Crippen molar-refractivity contribution in [3.8, 4) is 11.5 Å². The van der Waals surface area contributed by atoms with Crippen LogP contribution in [-0.2, 0) is 6.54 Å². The lowest BCUT2D eigenvalue weighted by atomic mass is 10.2. The van der Waals surface area contributed by atoms with Gasteiger partial charge in [-0.1, -0.05) is 6.07 Å². The largest absolute Gasteiger partial charge is 0.493 e. The van der Waals surface area contributed by atoms with Gasteiger partial charge in [0.1, 0.15) is 0 Å². The molecular formula is C15H18N2O3S. The highest BCUT2D eigenvalue weighted by Gasteiger charge is 2.11. The number of carbonyl (C=O) groups is 1. The maximum absolute atomic E-state index is 12.0. The summed E-state index contributed by atoms with van der Waals surface area (Å²) in [5.41, 5.74) is 7.34. The van der Waals surface area contributed by atoms with Gasteiger partial charge in [-0.3, -0.25) is 4.79 Å². The summed E-state index contributed by atoms with van der Waals surface area (Å²) in [5, 5.41) is 2.86. The Kier molecular flexibility index (Phi) is 4.70. The van der Waals surface area contributed by atoms with E-state index in [1.165, 1.54) is 11.3 Å². The second-order valence-electron chi connectivity index (χ2n) is 4.49. The molecule has 0 aliphatic heterocycles. The maximum atomic E-state index is 12.0. The van der Waals surface area contributed by atoms with Crippen molar-refractivity contribution < 1.29 is 14.3 Å². The Balaban J connectivity index is 2.04. The van der Waals surface area contributed by atoms with E-state index in [-0.39, 0.29) is 5.91 Å². The van der Waals surface area contributed by atoms with Crippen LogP contribution in [0.25, 0.3) is 0 Å². The molecule has 1 aromatic carbocycles. The molecule has 0 spiro atoms. The van der Waals surface area contributed by atoms with E-state index in [0.29, 0.717) is 28.6 Å². The summed E-state index contributed by atoms with van der Waals surface area (Å²) in [5.74, 6) is 1.17. The SMILES string of the molecule is COc1ccc(CNC(=O)c2cc(N)c(C)s2)cc1OC. The van der Waals surface area contributed by atoms with Gasteiger partial charge in [-0.15, -0.1) is 11.3 Å². The minimum absolute atomic E-state index is 0.130. The van der Waals surface area contributed by atoms with Gasteiger partial charge in [-0.2, -0.15) is 0 Å². The van der Waals surface area contributed by atoms with Gasteiger partial charge in [-0.05, 0) is 30.7 Å². The first-order valence-corrected chi connectivity index (χ1v) is 7.21. The van der Waals surface area contributed by atoms with Gasteiger partial charge in [0.15, 0.2) is 11.5 Å². The van der Waals surface area contributed by atoms with Gasteiger partial charge < -0.3 is 20.5 Å². The van der Waals surface area contributed by atoms with Crippen molar-refractivity contribution in [3.05, 3.63) is 39.6 Å². The fourth-order valence-electron chi connectivity index (χ4n) is 1.87. The molecular weight excluding hydrogens is 288 g/mol. The second kappa shape index (κ2) is 6.49. The third kappa shape index (κ3) is 3.46. The molecule has 0 unspecified atom stereocenters. The van der Waals surface area contributed by atoms with Crippen molar-refractivity contribution in [3.63, 3.8) is 0 Å². The molecule has 21 heavy (non-hydrogen) atoms. The number of nitrogen functional groups attached to an aromatic ring is 1. The molecule has 0 saturated carbocycles. The van der Waals surface area contributed by atoms with Crippen LogP contribution in [0.1, 0.15) is 20.1 Å². The molecule has 0 saturated heterocycles. The smallest absolute Gasteiger partial charge is 0.261 e. The van der Waals surface area contributed by atoms with Gasteiger partial charge >= 0.3 is 0 Å². The Morgan fingerprint density at radius 3 is 2.52 bits per heavy atom. The number of amides is 1. The average molecular weight is 306 g/mol. The second-order valence-corrected chi connectivity index (χ2v) is 5.75. The number of aryl methyl sites for hydroxylation is 1. The van der Waals surface area contributed by atoms with Crippen LogP contribution in [0.15, 0.2) is 24.3 Å². The van der Waals surface area contributed by atoms with E-state index in [4.69, 9.17) is 15.2 Å². The first kappa shape index (κ1) is 15.2. The normalized spacial score (nSPS) is 10.2. The molecule has 1 heterocycles. The fourth-order valence-corrected chi connectivity index (χ4v) is 2.73. The molecule has 0 radical (unpaired) electrons. The Morgan fingerprint density at radius 2 is 1.95 bits per heavy atom. The molecule has 6 heteroatoms. The Labute approximate surface area is 127 Å². The number of carbonyl (C=O) groups excluding carboxylic acids is 1. The summed E-state index contributed by atoms with van der Waals surface area (Å²) in [7, 11) is 3.17. The van der Waals surface area contributed by atoms with Crippen LogP contribution in [-0.4, -0.2) is 20.1 Å². The van der Waals surface area contributed by atoms with Crippen LogP contribution in [0, 0.1) is 6.92 Å². The van der Waals surface area contributed by atoms with Crippen molar-refractivity contribution in [2.75, 3.05) is 20.0 Å². The predicted octanol–water partition coefficient (Wildman–Crippen LogP) is 2.59. The van der Waals surface area contributed by atoms with Crippen molar-refractivity contribution in [2.24, 2.45) is 0 Å². The van der Waals surface area contributed by atoms with E-state index in [9.17, 15) is 4.79 Å². The van der Waals surface area contributed by atoms with Crippen LogP contribution >= 0.6 is 11.3 Å². The number of anilines is 1. The lowest BCUT2D eigenvalue weighted by Gasteiger charge is -2.10. The topological polar surface area (TPSA) is 73.6 Å². The molecule has 0 fully saturated rings. The van der Waals surface area contributed by atoms with Crippen molar-refractivity contribution in [1.82, 2.24) is 5.32 Å². The number of benzene rings is 1. The third-order valence-corrected chi connectivity index (χ3v) is 4.15. The van der Waals surface area contributed by atoms with E-state index in [1.54, 1.807) is 20.3 Å². The van der Waals surface area contributed by atoms with Gasteiger partial charge in [-0.25, -0.2) is 0 Å². The Morgan fingerprint density at radius 1 is 1.24 bits per heavy atom. The van der Waals surface area contributed by atoms with Crippen molar-refractivity contribution >= 4 is 22.9 Å². The minimum Gasteiger partial charge on any atom is -0.493 e. The molecule has 0 atom stereocenters. The summed E-state index contributed by atoms with van der Waals surface area (Å²) in [6.45, 7) is 2.31. The molecule has 112 valence electrons. The maximum Gasteiger partial charge on any atom is 0.261 e. The number of hydrogen-bond donors (Lipinski definition) is 2. The van der Waals surface area contributed by atoms with Crippen molar-refractivity contribution in [2.45, 2.75) is 13.5 Å². The quantitative estimate of drug-likeness (QED) is 0.890. The van der Waals surface area contributed by atoms with E-state index in [2.05, 4.69) is 5.32 Å². The van der Waals surface area contributed by atoms with Crippen LogP contribution in [0.5, 0.6) is 11.5 Å². The lowest BCUT2D eigenvalue weighted by molar-refractivity contribution is 0.0955. The molecule has 0 bridgehead atoms. The summed E-state index contributed by atoms with van der Waals surface area (Å²) in [6, 6.07) is 7.24. The molecule has 1 amide bonds. The van der Waals surface area contributed by atoms with Crippen LogP contribution < -0.4 is 20.5 Å². The van der Waals surface area contributed by atoms with E-state index in [0.717, 1.165) is 10.4 Å². The first-order valence-electron chi connectivity index (χ1n) is 6.40. The number of nitrogens with two attached hydrogens (primary N) is 1. The number of thiophene rings is 1. The van der Waals surface area contributed by atoms with Gasteiger partial charge in [0.2, 0.25) is 0 Å². The number of ether oxygens (including phenoxy) is 2. The monoisotopic (exact) mass is 306 g/mol. The van der Waals surface area contributed by atoms with Crippen LogP contribution in [0.2, 0.25) is 0 Å². The van der Waals surface area contributed by atoms with Gasteiger partial charge in [0.25, 0.3) is 5.91 Å². The van der Waals surface area contributed by atoms with E-state index >= 15 is 0 Å². The lowest BCUT2D eigenvalue weighted by Crippen LogP contribution is -2.21. The summed E-state index contributed by atoms with van der Waals surface area (Å²) < 4.78 is 10.4. The zero-order valence-corrected chi connectivity index (χ0v) is 13.0. The average Bonchev–Trinajstić information content (AvgIpc) is 2.84. The Bertz CT molecular complexity index is 633. The van der Waals surface area contributed by atoms with Crippen LogP contribution in [0.4, 0.5) is 5.69 Å². The molecule has 1 aromatic heterocycles. The van der Waals surface area contributed by atoms with Crippen molar-refractivity contribution in [1.29, 1.82) is 0 Å². The van der Waals surface area contributed by atoms with E-state index in [1.807, 2.05) is 25.1 Å². The number of nitrogens with one attached hydrogen (secondary N) is 1. The minimum atomic E-state index is -0.130. The zero-order chi connectivity index (χ0) is 15.4. The summed E-state index contributed by atoms with van der Waals surface area (Å²) >= 11 is 1.39. The van der Waals surface area contributed by atoms with Crippen LogP contribution in [0.3, 0.4) is 0 Å². The summed E-state index contributed by atoms with van der Waals surface area (Å²) in [6.07, 6.45) is 0. The standard InChI is InChI=1S/C15H18N2O3S/c1-9-11(16)7-14(21-9)15(18)17-8-10-4-5-12(19-2)13(6-10)20-3/h4-7H,8,16H2,1-3H3,(H,17,18). The molecule has 5 nitrogen and oxygen atoms in total. The highest BCUT2D eigenvalue weighted by Crippen LogP contribution is 2.27. The number of rotatable bonds is 5. The number of hydrogen-bond acceptors (Lipinski definition) is 5. The first-order chi connectivity index (χ1) is 10.0. The number of methoxy groups -OCH3 is 2. The fraction of sp³-hybridized carbons (Fsp3) is 0.267. The third-order valence-electron chi connectivity index (χ3n) is 3.08. The molecule has 2 aromatic rings. The molecule has 0 aliphatic rings. The van der Waals surface area contributed by atoms with Gasteiger partial charge in [0, 0.05) is 17.1 Å². The molecule has 2 rings (SSSR count). The van der Waals surface area contributed by atoms with Gasteiger partial charge in [0.05, 0.1) is 19.1 Å². The summed E-state index contributed by atoms with van der Waals surface area (Å²) in [4.78, 5) is 13.6. The highest BCUT2D eigenvalue weighted by atomic mass is 32.1. The predicted molar refractivity (Wildman–Crippen MR) is 84.2 cm³/mol. The zero-order valence-electron chi connectivity index (χ0n) is 12.2.